The van der Waals surface area contributed by atoms with Crippen molar-refractivity contribution < 1.29 is 22.7 Å². The number of fused-ring (bicyclic) bond motifs is 1. The fourth-order valence-corrected chi connectivity index (χ4v) is 5.12. The smallest absolute Gasteiger partial charge is 0.407 e. The zero-order chi connectivity index (χ0) is 21.9. The Labute approximate surface area is 175 Å². The number of carbonyl (C=O) groups excluding carboxylic acids is 2. The number of hydrogen-bond donors (Lipinski definition) is 2. The van der Waals surface area contributed by atoms with Gasteiger partial charge < -0.3 is 19.9 Å². The molecule has 11 heteroatoms. The van der Waals surface area contributed by atoms with E-state index in [1.54, 1.807) is 23.2 Å². The van der Waals surface area contributed by atoms with Crippen LogP contribution in [-0.2, 0) is 19.6 Å². The minimum atomic E-state index is -3.72. The average molecular weight is 438 g/mol. The predicted octanol–water partition coefficient (Wildman–Crippen LogP) is 1.17. The summed E-state index contributed by atoms with van der Waals surface area (Å²) in [7, 11) is -2.48. The van der Waals surface area contributed by atoms with E-state index in [1.807, 2.05) is 13.8 Å². The molecule has 0 bridgehead atoms. The number of carbonyl (C=O) groups is 2. The summed E-state index contributed by atoms with van der Waals surface area (Å²) >= 11 is 0. The molecule has 0 aliphatic carbocycles. The number of sulfonamides is 1. The molecule has 0 aromatic carbocycles. The number of aromatic amines is 1. The Bertz CT molecular complexity index is 1010. The van der Waals surface area contributed by atoms with E-state index >= 15 is 0 Å². The summed E-state index contributed by atoms with van der Waals surface area (Å²) in [5.74, 6) is -0.0457. The molecule has 0 saturated carbocycles. The highest BCUT2D eigenvalue weighted by atomic mass is 32.2. The van der Waals surface area contributed by atoms with Crippen LogP contribution < -0.4 is 5.32 Å². The van der Waals surface area contributed by atoms with E-state index in [-0.39, 0.29) is 42.9 Å². The van der Waals surface area contributed by atoms with Crippen LogP contribution in [0.15, 0.2) is 29.4 Å². The molecule has 1 fully saturated rings. The lowest BCUT2D eigenvalue weighted by atomic mass is 10.0. The number of hydrogen-bond acceptors (Lipinski definition) is 6. The molecule has 0 radical (unpaired) electrons. The minimum Gasteiger partial charge on any atom is -0.453 e. The number of amides is 2. The monoisotopic (exact) mass is 437 g/mol. The molecular weight excluding hydrogens is 410 g/mol. The van der Waals surface area contributed by atoms with E-state index in [0.29, 0.717) is 17.5 Å². The van der Waals surface area contributed by atoms with Gasteiger partial charge in [0.15, 0.2) is 0 Å². The third-order valence-electron chi connectivity index (χ3n) is 5.06. The second kappa shape index (κ2) is 9.00. The molecule has 10 nitrogen and oxygen atoms in total. The maximum atomic E-state index is 13.1. The number of pyridine rings is 1. The standard InChI is InChI=1S/C19H27N5O5S/c1-13(2)11-15(22-19(26)29-3)18(25)23-7-9-24(10-8-23)30(27,28)16-12-21-17-14(16)5-4-6-20-17/h4-6,12-13,15H,7-11H2,1-3H3,(H,20,21)(H,22,26). The van der Waals surface area contributed by atoms with Crippen molar-refractivity contribution >= 4 is 33.1 Å². The summed E-state index contributed by atoms with van der Waals surface area (Å²) in [4.78, 5) is 33.3. The minimum absolute atomic E-state index is 0.174. The Morgan fingerprint density at radius 3 is 2.60 bits per heavy atom. The first-order valence-corrected chi connectivity index (χ1v) is 11.2. The highest BCUT2D eigenvalue weighted by Crippen LogP contribution is 2.25. The molecule has 3 heterocycles. The molecule has 1 atom stereocenters. The van der Waals surface area contributed by atoms with Crippen LogP contribution in [-0.4, -0.2) is 78.9 Å². The third-order valence-corrected chi connectivity index (χ3v) is 7.00. The molecule has 1 aliphatic heterocycles. The molecule has 2 amide bonds. The van der Waals surface area contributed by atoms with Crippen LogP contribution in [0.1, 0.15) is 20.3 Å². The lowest BCUT2D eigenvalue weighted by molar-refractivity contribution is -0.135. The average Bonchev–Trinajstić information content (AvgIpc) is 3.17. The zero-order valence-electron chi connectivity index (χ0n) is 17.3. The normalized spacial score (nSPS) is 16.6. The van der Waals surface area contributed by atoms with E-state index in [2.05, 4.69) is 20.0 Å². The number of H-pyrrole nitrogens is 1. The van der Waals surface area contributed by atoms with Gasteiger partial charge in [0, 0.05) is 44.0 Å². The highest BCUT2D eigenvalue weighted by molar-refractivity contribution is 7.89. The van der Waals surface area contributed by atoms with Gasteiger partial charge in [-0.3, -0.25) is 4.79 Å². The van der Waals surface area contributed by atoms with E-state index in [4.69, 9.17) is 0 Å². The second-order valence-corrected chi connectivity index (χ2v) is 9.51. The molecule has 0 spiro atoms. The van der Waals surface area contributed by atoms with Gasteiger partial charge >= 0.3 is 6.09 Å². The van der Waals surface area contributed by atoms with E-state index in [9.17, 15) is 18.0 Å². The van der Waals surface area contributed by atoms with E-state index in [0.717, 1.165) is 0 Å². The van der Waals surface area contributed by atoms with Gasteiger partial charge in [-0.25, -0.2) is 18.2 Å². The first kappa shape index (κ1) is 22.0. The molecule has 2 aromatic rings. The second-order valence-electron chi connectivity index (χ2n) is 7.60. The Kier molecular flexibility index (Phi) is 6.61. The fraction of sp³-hybridized carbons (Fsp3) is 0.526. The summed E-state index contributed by atoms with van der Waals surface area (Å²) in [5, 5.41) is 3.12. The van der Waals surface area contributed by atoms with Crippen molar-refractivity contribution in [2.45, 2.75) is 31.2 Å². The van der Waals surface area contributed by atoms with Gasteiger partial charge in [0.05, 0.1) is 7.11 Å². The third kappa shape index (κ3) is 4.57. The molecule has 30 heavy (non-hydrogen) atoms. The van der Waals surface area contributed by atoms with Crippen LogP contribution in [0.25, 0.3) is 11.0 Å². The molecule has 3 rings (SSSR count). The van der Waals surface area contributed by atoms with E-state index in [1.165, 1.54) is 17.6 Å². The number of piperazine rings is 1. The van der Waals surface area contributed by atoms with Gasteiger partial charge in [-0.1, -0.05) is 13.8 Å². The van der Waals surface area contributed by atoms with Crippen molar-refractivity contribution in [3.05, 3.63) is 24.5 Å². The number of alkyl carbamates (subject to hydrolysis) is 1. The number of methoxy groups -OCH3 is 1. The number of rotatable bonds is 6. The van der Waals surface area contributed by atoms with Gasteiger partial charge in [0.2, 0.25) is 15.9 Å². The molecule has 2 N–H and O–H groups in total. The summed E-state index contributed by atoms with van der Waals surface area (Å²) in [6.45, 7) is 4.76. The van der Waals surface area contributed by atoms with Gasteiger partial charge in [-0.2, -0.15) is 4.31 Å². The Morgan fingerprint density at radius 2 is 1.97 bits per heavy atom. The van der Waals surface area contributed by atoms with Crippen LogP contribution in [0, 0.1) is 5.92 Å². The number of aromatic nitrogens is 2. The first-order valence-electron chi connectivity index (χ1n) is 9.79. The quantitative estimate of drug-likeness (QED) is 0.699. The van der Waals surface area contributed by atoms with Crippen molar-refractivity contribution in [2.75, 3.05) is 33.3 Å². The maximum Gasteiger partial charge on any atom is 0.407 e. The summed E-state index contributed by atoms with van der Waals surface area (Å²) in [6, 6.07) is 2.69. The van der Waals surface area contributed by atoms with Crippen molar-refractivity contribution in [1.82, 2.24) is 24.5 Å². The molecule has 2 aromatic heterocycles. The van der Waals surface area contributed by atoms with Crippen molar-refractivity contribution in [1.29, 1.82) is 0 Å². The Hall–Kier alpha value is -2.66. The van der Waals surface area contributed by atoms with Gasteiger partial charge in [-0.05, 0) is 24.5 Å². The Balaban J connectivity index is 1.70. The SMILES string of the molecule is COC(=O)NC(CC(C)C)C(=O)N1CCN(S(=O)(=O)c2c[nH]c3ncccc23)CC1. The molecule has 164 valence electrons. The molecule has 1 unspecified atom stereocenters. The van der Waals surface area contributed by atoms with Crippen LogP contribution in [0.4, 0.5) is 4.79 Å². The summed E-state index contributed by atoms with van der Waals surface area (Å²) in [6.07, 6.45) is 2.84. The molecule has 1 saturated heterocycles. The van der Waals surface area contributed by atoms with Crippen LogP contribution >= 0.6 is 0 Å². The van der Waals surface area contributed by atoms with Gasteiger partial charge in [-0.15, -0.1) is 0 Å². The van der Waals surface area contributed by atoms with Crippen LogP contribution in [0.5, 0.6) is 0 Å². The number of nitrogens with zero attached hydrogens (tertiary/aromatic N) is 3. The lowest BCUT2D eigenvalue weighted by Crippen LogP contribution is -2.56. The van der Waals surface area contributed by atoms with E-state index < -0.39 is 22.2 Å². The summed E-state index contributed by atoms with van der Waals surface area (Å²) in [5.41, 5.74) is 0.510. The topological polar surface area (TPSA) is 125 Å². The Morgan fingerprint density at radius 1 is 1.27 bits per heavy atom. The number of nitrogens with one attached hydrogen (secondary N) is 2. The predicted molar refractivity (Wildman–Crippen MR) is 110 cm³/mol. The van der Waals surface area contributed by atoms with Gasteiger partial charge in [0.1, 0.15) is 16.6 Å². The number of ether oxygens (including phenoxy) is 1. The maximum absolute atomic E-state index is 13.1. The summed E-state index contributed by atoms with van der Waals surface area (Å²) < 4.78 is 32.2. The van der Waals surface area contributed by atoms with Gasteiger partial charge in [0.25, 0.3) is 0 Å². The van der Waals surface area contributed by atoms with Crippen molar-refractivity contribution in [3.8, 4) is 0 Å². The van der Waals surface area contributed by atoms with Crippen LogP contribution in [0.2, 0.25) is 0 Å². The molecular formula is C19H27N5O5S. The van der Waals surface area contributed by atoms with Crippen molar-refractivity contribution in [2.24, 2.45) is 5.92 Å². The largest absolute Gasteiger partial charge is 0.453 e. The lowest BCUT2D eigenvalue weighted by Gasteiger charge is -2.36. The zero-order valence-corrected chi connectivity index (χ0v) is 18.1. The van der Waals surface area contributed by atoms with Crippen LogP contribution in [0.3, 0.4) is 0 Å². The first-order chi connectivity index (χ1) is 14.2. The van der Waals surface area contributed by atoms with Crippen molar-refractivity contribution in [3.63, 3.8) is 0 Å². The highest BCUT2D eigenvalue weighted by Gasteiger charge is 2.34. The fourth-order valence-electron chi connectivity index (χ4n) is 3.55. The molecule has 1 aliphatic rings.